The highest BCUT2D eigenvalue weighted by Gasteiger charge is 2.04. The molecule has 0 saturated heterocycles. The van der Waals surface area contributed by atoms with Crippen molar-refractivity contribution in [1.29, 1.82) is 0 Å². The Hall–Kier alpha value is -0.980. The Kier molecular flexibility index (Phi) is 3.30. The van der Waals surface area contributed by atoms with Crippen LogP contribution >= 0.6 is 23.2 Å². The zero-order chi connectivity index (χ0) is 10.7. The smallest absolute Gasteiger partial charge is 0.0447 e. The molecule has 0 aromatic heterocycles. The van der Waals surface area contributed by atoms with E-state index >= 15 is 0 Å². The summed E-state index contributed by atoms with van der Waals surface area (Å²) in [6.45, 7) is 0. The molecule has 0 nitrogen and oxygen atoms in total. The van der Waals surface area contributed by atoms with Crippen LogP contribution in [-0.2, 0) is 6.42 Å². The van der Waals surface area contributed by atoms with Crippen LogP contribution in [0.4, 0.5) is 0 Å². The number of hydrogen-bond acceptors (Lipinski definition) is 0. The van der Waals surface area contributed by atoms with Gasteiger partial charge in [-0.05, 0) is 35.4 Å². The van der Waals surface area contributed by atoms with E-state index in [1.165, 1.54) is 0 Å². The van der Waals surface area contributed by atoms with Gasteiger partial charge in [-0.3, -0.25) is 0 Å². The van der Waals surface area contributed by atoms with Crippen molar-refractivity contribution in [3.8, 4) is 0 Å². The Morgan fingerprint density at radius 3 is 1.73 bits per heavy atom. The van der Waals surface area contributed by atoms with Gasteiger partial charge in [0.15, 0.2) is 0 Å². The van der Waals surface area contributed by atoms with Crippen molar-refractivity contribution in [3.63, 3.8) is 0 Å². The van der Waals surface area contributed by atoms with Gasteiger partial charge in [-0.25, -0.2) is 0 Å². The third-order valence-electron chi connectivity index (χ3n) is 2.12. The summed E-state index contributed by atoms with van der Waals surface area (Å²) in [5.41, 5.74) is 1.90. The fourth-order valence-corrected chi connectivity index (χ4v) is 1.74. The molecule has 0 aliphatic carbocycles. The third-order valence-corrected chi connectivity index (χ3v) is 2.83. The molecule has 0 atom stereocenters. The van der Waals surface area contributed by atoms with E-state index in [2.05, 4.69) is 12.1 Å². The molecule has 74 valence electrons. The number of benzene rings is 2. The van der Waals surface area contributed by atoms with Gasteiger partial charge in [0, 0.05) is 16.5 Å². The molecule has 0 saturated carbocycles. The predicted molar refractivity (Wildman–Crippen MR) is 63.4 cm³/mol. The minimum Gasteiger partial charge on any atom is -0.0840 e. The molecule has 15 heavy (non-hydrogen) atoms. The monoisotopic (exact) mass is 234 g/mol. The molecule has 2 aromatic carbocycles. The maximum Gasteiger partial charge on any atom is 0.0447 e. The van der Waals surface area contributed by atoms with Crippen LogP contribution in [0.1, 0.15) is 11.1 Å². The standard InChI is InChI=1S/C13H8Cl2/c14-12-7-3-1-5-10(12)9-11-6-2-4-8-13(11)15/h1-4,7-8H,9H2. The molecule has 0 aliphatic heterocycles. The molecule has 0 amide bonds. The van der Waals surface area contributed by atoms with Gasteiger partial charge in [-0.1, -0.05) is 47.5 Å². The maximum absolute atomic E-state index is 6.04. The van der Waals surface area contributed by atoms with Crippen molar-refractivity contribution >= 4 is 23.2 Å². The molecule has 2 rings (SSSR count). The highest BCUT2D eigenvalue weighted by Crippen LogP contribution is 2.22. The lowest BCUT2D eigenvalue weighted by atomic mass is 10.1. The summed E-state index contributed by atoms with van der Waals surface area (Å²) in [4.78, 5) is 0. The van der Waals surface area contributed by atoms with Gasteiger partial charge in [-0.2, -0.15) is 0 Å². The summed E-state index contributed by atoms with van der Waals surface area (Å²) in [7, 11) is 0. The van der Waals surface area contributed by atoms with E-state index < -0.39 is 0 Å². The normalized spacial score (nSPS) is 10.3. The van der Waals surface area contributed by atoms with E-state index in [1.807, 2.05) is 36.4 Å². The number of rotatable bonds is 2. The van der Waals surface area contributed by atoms with Crippen LogP contribution in [0.25, 0.3) is 0 Å². The second-order valence-corrected chi connectivity index (χ2v) is 3.98. The Bertz CT molecular complexity index is 420. The van der Waals surface area contributed by atoms with Crippen LogP contribution in [0.15, 0.2) is 36.4 Å². The summed E-state index contributed by atoms with van der Waals surface area (Å²) in [5, 5.41) is 1.43. The topological polar surface area (TPSA) is 0 Å². The SMILES string of the molecule is Clc1ccc[c]c1Cc1[c]cccc1Cl. The highest BCUT2D eigenvalue weighted by atomic mass is 35.5. The Balaban J connectivity index is 2.30. The van der Waals surface area contributed by atoms with E-state index in [4.69, 9.17) is 23.2 Å². The first-order chi connectivity index (χ1) is 7.27. The molecule has 0 fully saturated rings. The molecule has 0 unspecified atom stereocenters. The van der Waals surface area contributed by atoms with Crippen molar-refractivity contribution in [2.24, 2.45) is 0 Å². The van der Waals surface area contributed by atoms with Crippen LogP contribution in [0.3, 0.4) is 0 Å². The summed E-state index contributed by atoms with van der Waals surface area (Å²) in [6, 6.07) is 17.3. The molecule has 0 heterocycles. The maximum atomic E-state index is 6.04. The van der Waals surface area contributed by atoms with E-state index in [9.17, 15) is 0 Å². The van der Waals surface area contributed by atoms with Crippen LogP contribution in [0, 0.1) is 12.1 Å². The Labute approximate surface area is 99.5 Å². The van der Waals surface area contributed by atoms with Gasteiger partial charge < -0.3 is 0 Å². The van der Waals surface area contributed by atoms with Gasteiger partial charge in [-0.15, -0.1) is 0 Å². The lowest BCUT2D eigenvalue weighted by Crippen LogP contribution is -1.90. The summed E-state index contributed by atoms with van der Waals surface area (Å²) < 4.78 is 0. The van der Waals surface area contributed by atoms with Crippen LogP contribution in [-0.4, -0.2) is 0 Å². The lowest BCUT2D eigenvalue weighted by molar-refractivity contribution is 1.18. The summed E-state index contributed by atoms with van der Waals surface area (Å²) in [5.74, 6) is 0. The molecule has 0 bridgehead atoms. The van der Waals surface area contributed by atoms with Crippen molar-refractivity contribution in [2.45, 2.75) is 6.42 Å². The molecule has 2 heteroatoms. The zero-order valence-electron chi connectivity index (χ0n) is 7.93. The summed E-state index contributed by atoms with van der Waals surface area (Å²) in [6.07, 6.45) is 0.666. The number of halogens is 2. The fraction of sp³-hybridized carbons (Fsp3) is 0.0769. The van der Waals surface area contributed by atoms with E-state index in [1.54, 1.807) is 0 Å². The highest BCUT2D eigenvalue weighted by molar-refractivity contribution is 6.32. The van der Waals surface area contributed by atoms with Gasteiger partial charge in [0.05, 0.1) is 0 Å². The molecule has 0 spiro atoms. The predicted octanol–water partition coefficient (Wildman–Crippen LogP) is 4.18. The first-order valence-corrected chi connectivity index (χ1v) is 5.33. The molecule has 2 radical (unpaired) electrons. The molecular weight excluding hydrogens is 227 g/mol. The van der Waals surface area contributed by atoms with E-state index in [0.29, 0.717) is 16.5 Å². The largest absolute Gasteiger partial charge is 0.0840 e. The lowest BCUT2D eigenvalue weighted by Gasteiger charge is -2.04. The van der Waals surface area contributed by atoms with Crippen LogP contribution < -0.4 is 0 Å². The number of hydrogen-bond donors (Lipinski definition) is 0. The average Bonchev–Trinajstić information content (AvgIpc) is 2.24. The van der Waals surface area contributed by atoms with E-state index in [0.717, 1.165) is 11.1 Å². The molecule has 2 aromatic rings. The van der Waals surface area contributed by atoms with Crippen molar-refractivity contribution in [2.75, 3.05) is 0 Å². The minimum absolute atomic E-state index is 0.666. The Morgan fingerprint density at radius 1 is 0.867 bits per heavy atom. The summed E-state index contributed by atoms with van der Waals surface area (Å²) >= 11 is 12.1. The quantitative estimate of drug-likeness (QED) is 0.732. The minimum atomic E-state index is 0.666. The van der Waals surface area contributed by atoms with Crippen LogP contribution in [0.2, 0.25) is 10.0 Å². The second-order valence-electron chi connectivity index (χ2n) is 3.17. The average molecular weight is 235 g/mol. The zero-order valence-corrected chi connectivity index (χ0v) is 9.44. The van der Waals surface area contributed by atoms with Crippen molar-refractivity contribution in [3.05, 3.63) is 69.7 Å². The second kappa shape index (κ2) is 4.69. The van der Waals surface area contributed by atoms with Gasteiger partial charge >= 0.3 is 0 Å². The van der Waals surface area contributed by atoms with Crippen LogP contribution in [0.5, 0.6) is 0 Å². The van der Waals surface area contributed by atoms with Gasteiger partial charge in [0.1, 0.15) is 0 Å². The van der Waals surface area contributed by atoms with Crippen molar-refractivity contribution < 1.29 is 0 Å². The van der Waals surface area contributed by atoms with E-state index in [-0.39, 0.29) is 0 Å². The molecule has 0 aliphatic rings. The van der Waals surface area contributed by atoms with Gasteiger partial charge in [0.2, 0.25) is 0 Å². The Morgan fingerprint density at radius 2 is 1.33 bits per heavy atom. The van der Waals surface area contributed by atoms with Gasteiger partial charge in [0.25, 0.3) is 0 Å². The third kappa shape index (κ3) is 2.53. The molecule has 0 N–H and O–H groups in total. The first-order valence-electron chi connectivity index (χ1n) is 4.57. The van der Waals surface area contributed by atoms with Crippen molar-refractivity contribution in [1.82, 2.24) is 0 Å². The fourth-order valence-electron chi connectivity index (χ4n) is 1.35. The molecular formula is C13H8Cl2. The first kappa shape index (κ1) is 10.5.